The minimum Gasteiger partial charge on any atom is -0.481 e. The lowest BCUT2D eigenvalue weighted by Gasteiger charge is -2.07. The van der Waals surface area contributed by atoms with Gasteiger partial charge in [-0.2, -0.15) is 0 Å². The molecule has 6 heteroatoms. The largest absolute Gasteiger partial charge is 0.481 e. The Morgan fingerprint density at radius 1 is 1.50 bits per heavy atom. The van der Waals surface area contributed by atoms with Crippen LogP contribution in [0.3, 0.4) is 0 Å². The van der Waals surface area contributed by atoms with Crippen LogP contribution in [0.2, 0.25) is 0 Å². The molecule has 0 radical (unpaired) electrons. The standard InChI is InChI=1S/C12H13NO4S/c1-2-3-8-17-9-4-6-10(7-5-9)18(16)12(15)11(13)14/h4-7,12,15H,8H2,1H3,(H2,13,14). The Kier molecular flexibility index (Phi) is 5.36. The number of aliphatic hydroxyl groups excluding tert-OH is 1. The monoisotopic (exact) mass is 267 g/mol. The summed E-state index contributed by atoms with van der Waals surface area (Å²) in [7, 11) is -1.88. The summed E-state index contributed by atoms with van der Waals surface area (Å²) in [6.45, 7) is 1.98. The lowest BCUT2D eigenvalue weighted by molar-refractivity contribution is -0.122. The topological polar surface area (TPSA) is 89.6 Å². The van der Waals surface area contributed by atoms with Crippen molar-refractivity contribution in [3.63, 3.8) is 0 Å². The summed E-state index contributed by atoms with van der Waals surface area (Å²) < 4.78 is 16.9. The Morgan fingerprint density at radius 2 is 2.11 bits per heavy atom. The molecule has 0 aromatic heterocycles. The van der Waals surface area contributed by atoms with Crippen LogP contribution in [0, 0.1) is 11.8 Å². The Balaban J connectivity index is 2.72. The third-order valence-corrected chi connectivity index (χ3v) is 3.36. The maximum absolute atomic E-state index is 11.7. The molecule has 1 aromatic carbocycles. The van der Waals surface area contributed by atoms with Crippen molar-refractivity contribution in [3.05, 3.63) is 24.3 Å². The first-order valence-electron chi connectivity index (χ1n) is 5.06. The summed E-state index contributed by atoms with van der Waals surface area (Å²) in [5.41, 5.74) is 3.16. The second kappa shape index (κ2) is 6.79. The van der Waals surface area contributed by atoms with Crippen LogP contribution >= 0.6 is 0 Å². The average Bonchev–Trinajstić information content (AvgIpc) is 2.38. The molecule has 2 unspecified atom stereocenters. The lowest BCUT2D eigenvalue weighted by Crippen LogP contribution is -2.32. The highest BCUT2D eigenvalue weighted by atomic mass is 32.2. The van der Waals surface area contributed by atoms with E-state index in [1.165, 1.54) is 12.1 Å². The highest BCUT2D eigenvalue weighted by Crippen LogP contribution is 2.16. The van der Waals surface area contributed by atoms with Gasteiger partial charge in [0.15, 0.2) is 0 Å². The number of rotatable bonds is 5. The summed E-state index contributed by atoms with van der Waals surface area (Å²) >= 11 is 0. The predicted molar refractivity (Wildman–Crippen MR) is 67.0 cm³/mol. The van der Waals surface area contributed by atoms with Crippen molar-refractivity contribution in [2.75, 3.05) is 6.61 Å². The summed E-state index contributed by atoms with van der Waals surface area (Å²) in [5.74, 6) is 4.96. The molecule has 0 fully saturated rings. The molecule has 96 valence electrons. The number of carbonyl (C=O) groups excluding carboxylic acids is 1. The second-order valence-electron chi connectivity index (χ2n) is 3.24. The first kappa shape index (κ1) is 14.2. The second-order valence-corrected chi connectivity index (χ2v) is 4.75. The quantitative estimate of drug-likeness (QED) is 0.735. The molecule has 1 aromatic rings. The Hall–Kier alpha value is -1.84. The zero-order valence-corrected chi connectivity index (χ0v) is 10.6. The molecule has 0 aliphatic carbocycles. The van der Waals surface area contributed by atoms with Crippen LogP contribution in [-0.4, -0.2) is 27.3 Å². The van der Waals surface area contributed by atoms with Gasteiger partial charge in [0.2, 0.25) is 5.44 Å². The first-order chi connectivity index (χ1) is 8.56. The summed E-state index contributed by atoms with van der Waals surface area (Å²) in [4.78, 5) is 11.0. The van der Waals surface area contributed by atoms with E-state index in [-0.39, 0.29) is 6.61 Å². The minimum atomic E-state index is -1.88. The van der Waals surface area contributed by atoms with Gasteiger partial charge < -0.3 is 15.6 Å². The van der Waals surface area contributed by atoms with Gasteiger partial charge in [0.05, 0.1) is 10.8 Å². The van der Waals surface area contributed by atoms with E-state index in [0.29, 0.717) is 10.6 Å². The van der Waals surface area contributed by atoms with Crippen molar-refractivity contribution in [1.82, 2.24) is 0 Å². The lowest BCUT2D eigenvalue weighted by atomic mass is 10.3. The van der Waals surface area contributed by atoms with Crippen LogP contribution in [0.5, 0.6) is 5.75 Å². The van der Waals surface area contributed by atoms with Crippen LogP contribution < -0.4 is 10.5 Å². The number of amides is 1. The van der Waals surface area contributed by atoms with Gasteiger partial charge in [-0.25, -0.2) is 0 Å². The van der Waals surface area contributed by atoms with Crippen molar-refractivity contribution in [2.24, 2.45) is 5.73 Å². The van der Waals surface area contributed by atoms with Crippen molar-refractivity contribution >= 4 is 16.7 Å². The van der Waals surface area contributed by atoms with Crippen molar-refractivity contribution in [2.45, 2.75) is 17.3 Å². The van der Waals surface area contributed by atoms with E-state index in [0.717, 1.165) is 0 Å². The molecule has 1 rings (SSSR count). The number of primary amides is 1. The Bertz CT molecular complexity index is 501. The van der Waals surface area contributed by atoms with Crippen molar-refractivity contribution < 1.29 is 18.8 Å². The number of ether oxygens (including phenoxy) is 1. The maximum atomic E-state index is 11.7. The molecule has 0 spiro atoms. The highest BCUT2D eigenvalue weighted by molar-refractivity contribution is 7.86. The van der Waals surface area contributed by atoms with Crippen LogP contribution in [0.25, 0.3) is 0 Å². The van der Waals surface area contributed by atoms with Gasteiger partial charge in [-0.15, -0.1) is 5.92 Å². The average molecular weight is 267 g/mol. The van der Waals surface area contributed by atoms with E-state index >= 15 is 0 Å². The highest BCUT2D eigenvalue weighted by Gasteiger charge is 2.20. The predicted octanol–water partition coefficient (Wildman–Crippen LogP) is -0.000000000000000111. The molecule has 2 atom stereocenters. The normalized spacial score (nSPS) is 13.0. The van der Waals surface area contributed by atoms with Gasteiger partial charge in [0.1, 0.15) is 12.4 Å². The molecule has 18 heavy (non-hydrogen) atoms. The fourth-order valence-corrected chi connectivity index (χ4v) is 1.97. The van der Waals surface area contributed by atoms with E-state index in [4.69, 9.17) is 10.5 Å². The van der Waals surface area contributed by atoms with Gasteiger partial charge in [-0.1, -0.05) is 5.92 Å². The fourth-order valence-electron chi connectivity index (χ4n) is 1.10. The maximum Gasteiger partial charge on any atom is 0.259 e. The zero-order chi connectivity index (χ0) is 13.5. The van der Waals surface area contributed by atoms with Gasteiger partial charge in [0, 0.05) is 4.90 Å². The molecule has 0 bridgehead atoms. The molecule has 0 saturated heterocycles. The van der Waals surface area contributed by atoms with Gasteiger partial charge in [-0.3, -0.25) is 9.00 Å². The molecule has 3 N–H and O–H groups in total. The SMILES string of the molecule is CC#CCOc1ccc(S(=O)C(O)C(N)=O)cc1. The van der Waals surface area contributed by atoms with Crippen molar-refractivity contribution in [1.29, 1.82) is 0 Å². The number of nitrogens with two attached hydrogens (primary N) is 1. The van der Waals surface area contributed by atoms with Gasteiger partial charge >= 0.3 is 0 Å². The molecular formula is C12H13NO4S. The molecule has 0 aliphatic heterocycles. The fraction of sp³-hybridized carbons (Fsp3) is 0.250. The number of hydrogen-bond donors (Lipinski definition) is 2. The molecule has 0 aliphatic rings. The molecule has 0 heterocycles. The van der Waals surface area contributed by atoms with Crippen LogP contribution in [0.4, 0.5) is 0 Å². The molecule has 1 amide bonds. The summed E-state index contributed by atoms with van der Waals surface area (Å²) in [5, 5.41) is 9.27. The Labute approximate surface area is 107 Å². The van der Waals surface area contributed by atoms with E-state index < -0.39 is 22.1 Å². The van der Waals surface area contributed by atoms with E-state index in [2.05, 4.69) is 11.8 Å². The van der Waals surface area contributed by atoms with E-state index in [1.807, 2.05) is 0 Å². The van der Waals surface area contributed by atoms with Crippen LogP contribution in [-0.2, 0) is 15.6 Å². The third-order valence-electron chi connectivity index (χ3n) is 1.99. The molecule has 0 saturated carbocycles. The van der Waals surface area contributed by atoms with Crippen LogP contribution in [0.15, 0.2) is 29.2 Å². The smallest absolute Gasteiger partial charge is 0.259 e. The third kappa shape index (κ3) is 3.87. The number of benzene rings is 1. The zero-order valence-electron chi connectivity index (χ0n) is 9.75. The van der Waals surface area contributed by atoms with E-state index in [9.17, 15) is 14.1 Å². The number of aliphatic hydroxyl groups is 1. The first-order valence-corrected chi connectivity index (χ1v) is 6.28. The van der Waals surface area contributed by atoms with E-state index in [1.54, 1.807) is 19.1 Å². The molecular weight excluding hydrogens is 254 g/mol. The molecule has 5 nitrogen and oxygen atoms in total. The van der Waals surface area contributed by atoms with Crippen molar-refractivity contribution in [3.8, 4) is 17.6 Å². The van der Waals surface area contributed by atoms with Crippen LogP contribution in [0.1, 0.15) is 6.92 Å². The Morgan fingerprint density at radius 3 is 2.61 bits per heavy atom. The van der Waals surface area contributed by atoms with Gasteiger partial charge in [-0.05, 0) is 31.2 Å². The number of carbonyl (C=O) groups is 1. The summed E-state index contributed by atoms with van der Waals surface area (Å²) in [6, 6.07) is 6.16. The summed E-state index contributed by atoms with van der Waals surface area (Å²) in [6.07, 6.45) is 0. The number of hydrogen-bond acceptors (Lipinski definition) is 4. The minimum absolute atomic E-state index is 0.267. The van der Waals surface area contributed by atoms with Gasteiger partial charge in [0.25, 0.3) is 5.91 Å².